The summed E-state index contributed by atoms with van der Waals surface area (Å²) in [4.78, 5) is 1.95. The first-order chi connectivity index (χ1) is 12.5. The summed E-state index contributed by atoms with van der Waals surface area (Å²) in [6, 6.07) is 0. The van der Waals surface area contributed by atoms with E-state index in [-0.39, 0.29) is 12.5 Å². The van der Waals surface area contributed by atoms with Gasteiger partial charge in [0.05, 0.1) is 5.75 Å². The normalized spacial score (nSPS) is 12.2. The molecule has 0 bridgehead atoms. The van der Waals surface area contributed by atoms with Crippen molar-refractivity contribution in [3.8, 4) is 0 Å². The molecule has 0 aliphatic heterocycles. The van der Waals surface area contributed by atoms with Crippen molar-refractivity contribution in [2.45, 2.75) is 110 Å². The van der Waals surface area contributed by atoms with E-state index in [1.165, 1.54) is 83.5 Å². The zero-order valence-corrected chi connectivity index (χ0v) is 18.6. The summed E-state index contributed by atoms with van der Waals surface area (Å²) in [7, 11) is -1.41. The Kier molecular flexibility index (Phi) is 18.2. The zero-order chi connectivity index (χ0) is 19.5. The molecule has 0 saturated carbocycles. The van der Waals surface area contributed by atoms with Gasteiger partial charge in [0, 0.05) is 6.54 Å². The monoisotopic (exact) mass is 391 g/mol. The number of hydrogen-bond acceptors (Lipinski definition) is 4. The Bertz CT molecular complexity index is 385. The second kappa shape index (κ2) is 18.2. The van der Waals surface area contributed by atoms with E-state index in [2.05, 4.69) is 6.92 Å². The summed E-state index contributed by atoms with van der Waals surface area (Å²) in [6.45, 7) is 5.20. The van der Waals surface area contributed by atoms with Crippen molar-refractivity contribution in [2.75, 3.05) is 26.1 Å². The third kappa shape index (κ3) is 18.7. The Morgan fingerprint density at radius 2 is 1.08 bits per heavy atom. The van der Waals surface area contributed by atoms with Gasteiger partial charge in [0.15, 0.2) is 0 Å². The van der Waals surface area contributed by atoms with Crippen molar-refractivity contribution in [2.24, 2.45) is 0 Å². The lowest BCUT2D eigenvalue weighted by Gasteiger charge is -2.16. The topological polar surface area (TPSA) is 46.6 Å². The first kappa shape index (κ1) is 25.9. The first-order valence-electron chi connectivity index (χ1n) is 11.1. The molecule has 158 valence electrons. The van der Waals surface area contributed by atoms with E-state index >= 15 is 0 Å². The second-order valence-corrected chi connectivity index (χ2v) is 9.44. The Labute approximate surface area is 164 Å². The van der Waals surface area contributed by atoms with Gasteiger partial charge in [-0.1, -0.05) is 97.3 Å². The SMILES string of the molecule is CCCCCCCCCCCCCCCCN(C)COS(=O)(=O)CCC. The van der Waals surface area contributed by atoms with Crippen LogP contribution >= 0.6 is 0 Å². The van der Waals surface area contributed by atoms with Gasteiger partial charge in [0.25, 0.3) is 10.1 Å². The molecule has 0 atom stereocenters. The molecule has 0 fully saturated rings. The third-order valence-corrected chi connectivity index (χ3v) is 6.17. The molecule has 0 unspecified atom stereocenters. The molecule has 0 rings (SSSR count). The van der Waals surface area contributed by atoms with Crippen molar-refractivity contribution in [1.29, 1.82) is 0 Å². The minimum atomic E-state index is -3.33. The van der Waals surface area contributed by atoms with E-state index in [0.717, 1.165) is 13.0 Å². The standard InChI is InChI=1S/C21H45NO3S/c1-4-6-7-8-9-10-11-12-13-14-15-16-17-18-19-22(3)21-25-26(23,24)20-5-2/h4-21H2,1-3H3. The largest absolute Gasteiger partial charge is 0.283 e. The van der Waals surface area contributed by atoms with E-state index in [0.29, 0.717) is 6.42 Å². The Morgan fingerprint density at radius 3 is 1.50 bits per heavy atom. The molecule has 0 aromatic carbocycles. The van der Waals surface area contributed by atoms with Crippen LogP contribution in [0.5, 0.6) is 0 Å². The molecule has 0 aliphatic carbocycles. The Balaban J connectivity index is 3.28. The molecule has 0 N–H and O–H groups in total. The van der Waals surface area contributed by atoms with Gasteiger partial charge in [-0.25, -0.2) is 0 Å². The maximum absolute atomic E-state index is 11.5. The molecule has 0 amide bonds. The molecule has 0 saturated heterocycles. The van der Waals surface area contributed by atoms with Gasteiger partial charge in [-0.15, -0.1) is 0 Å². The summed E-state index contributed by atoms with van der Waals surface area (Å²) in [5.74, 6) is 0.111. The summed E-state index contributed by atoms with van der Waals surface area (Å²) >= 11 is 0. The van der Waals surface area contributed by atoms with Crippen molar-refractivity contribution < 1.29 is 12.6 Å². The molecule has 0 aliphatic rings. The van der Waals surface area contributed by atoms with Crippen molar-refractivity contribution in [1.82, 2.24) is 4.90 Å². The van der Waals surface area contributed by atoms with Gasteiger partial charge in [0.2, 0.25) is 0 Å². The van der Waals surface area contributed by atoms with Crippen LogP contribution in [0.3, 0.4) is 0 Å². The van der Waals surface area contributed by atoms with Crippen molar-refractivity contribution >= 4 is 10.1 Å². The summed E-state index contributed by atoms with van der Waals surface area (Å²) in [6.07, 6.45) is 19.6. The summed E-state index contributed by atoms with van der Waals surface area (Å²) < 4.78 is 28.0. The summed E-state index contributed by atoms with van der Waals surface area (Å²) in [5.41, 5.74) is 0. The van der Waals surface area contributed by atoms with E-state index in [9.17, 15) is 8.42 Å². The van der Waals surface area contributed by atoms with E-state index in [4.69, 9.17) is 4.18 Å². The van der Waals surface area contributed by atoms with Crippen LogP contribution < -0.4 is 0 Å². The third-order valence-electron chi connectivity index (χ3n) is 4.80. The highest BCUT2D eigenvalue weighted by Gasteiger charge is 2.10. The fraction of sp³-hybridized carbons (Fsp3) is 1.00. The molecular weight excluding hydrogens is 346 g/mol. The maximum atomic E-state index is 11.5. The van der Waals surface area contributed by atoms with Crippen LogP contribution in [0.25, 0.3) is 0 Å². The minimum absolute atomic E-state index is 0.111. The van der Waals surface area contributed by atoms with Crippen molar-refractivity contribution in [3.05, 3.63) is 0 Å². The van der Waals surface area contributed by atoms with Gasteiger partial charge in [-0.05, 0) is 19.9 Å². The second-order valence-electron chi connectivity index (χ2n) is 7.68. The molecule has 4 nitrogen and oxygen atoms in total. The molecule has 0 radical (unpaired) electrons. The van der Waals surface area contributed by atoms with Gasteiger partial charge in [0.1, 0.15) is 6.73 Å². The average Bonchev–Trinajstić information content (AvgIpc) is 2.60. The van der Waals surface area contributed by atoms with E-state index in [1.807, 2.05) is 18.9 Å². The predicted molar refractivity (Wildman–Crippen MR) is 113 cm³/mol. The number of rotatable bonds is 20. The highest BCUT2D eigenvalue weighted by Crippen LogP contribution is 2.13. The number of nitrogens with zero attached hydrogens (tertiary/aromatic N) is 1. The van der Waals surface area contributed by atoms with Gasteiger partial charge >= 0.3 is 0 Å². The van der Waals surface area contributed by atoms with Crippen LogP contribution in [0.1, 0.15) is 110 Å². The van der Waals surface area contributed by atoms with Gasteiger partial charge in [-0.2, -0.15) is 8.42 Å². The minimum Gasteiger partial charge on any atom is -0.283 e. The molecule has 0 heterocycles. The summed E-state index contributed by atoms with van der Waals surface area (Å²) in [5, 5.41) is 0. The fourth-order valence-corrected chi connectivity index (χ4v) is 4.08. The van der Waals surface area contributed by atoms with Gasteiger partial charge in [-0.3, -0.25) is 9.08 Å². The van der Waals surface area contributed by atoms with Crippen LogP contribution in [0.4, 0.5) is 0 Å². The van der Waals surface area contributed by atoms with Crippen molar-refractivity contribution in [3.63, 3.8) is 0 Å². The highest BCUT2D eigenvalue weighted by atomic mass is 32.2. The lowest BCUT2D eigenvalue weighted by Crippen LogP contribution is -2.26. The van der Waals surface area contributed by atoms with Crippen LogP contribution in [-0.2, 0) is 14.3 Å². The fourth-order valence-electron chi connectivity index (χ4n) is 3.12. The van der Waals surface area contributed by atoms with E-state index in [1.54, 1.807) is 0 Å². The number of hydrogen-bond donors (Lipinski definition) is 0. The van der Waals surface area contributed by atoms with Gasteiger partial charge < -0.3 is 0 Å². The molecule has 26 heavy (non-hydrogen) atoms. The van der Waals surface area contributed by atoms with Crippen LogP contribution in [0.2, 0.25) is 0 Å². The molecular formula is C21H45NO3S. The maximum Gasteiger partial charge on any atom is 0.268 e. The first-order valence-corrected chi connectivity index (χ1v) is 12.6. The highest BCUT2D eigenvalue weighted by molar-refractivity contribution is 7.86. The van der Waals surface area contributed by atoms with Crippen LogP contribution in [0, 0.1) is 0 Å². The number of unbranched alkanes of at least 4 members (excludes halogenated alkanes) is 13. The average molecular weight is 392 g/mol. The lowest BCUT2D eigenvalue weighted by atomic mass is 10.0. The van der Waals surface area contributed by atoms with Crippen LogP contribution in [0.15, 0.2) is 0 Å². The zero-order valence-electron chi connectivity index (χ0n) is 17.8. The molecule has 5 heteroatoms. The van der Waals surface area contributed by atoms with E-state index < -0.39 is 10.1 Å². The molecule has 0 aromatic heterocycles. The Morgan fingerprint density at radius 1 is 0.654 bits per heavy atom. The predicted octanol–water partition coefficient (Wildman–Crippen LogP) is 6.11. The lowest BCUT2D eigenvalue weighted by molar-refractivity contribution is 0.156. The molecule has 0 spiro atoms. The quantitative estimate of drug-likeness (QED) is 0.143. The smallest absolute Gasteiger partial charge is 0.268 e. The molecule has 0 aromatic rings. The Hall–Kier alpha value is -0.130. The van der Waals surface area contributed by atoms with Crippen LogP contribution in [-0.4, -0.2) is 39.4 Å².